The van der Waals surface area contributed by atoms with E-state index in [4.69, 9.17) is 0 Å². The van der Waals surface area contributed by atoms with Crippen molar-refractivity contribution < 1.29 is 9.59 Å². The molecule has 1 saturated heterocycles. The van der Waals surface area contributed by atoms with Crippen LogP contribution in [0.5, 0.6) is 0 Å². The van der Waals surface area contributed by atoms with Crippen LogP contribution in [0.4, 0.5) is 5.82 Å². The highest BCUT2D eigenvalue weighted by atomic mass is 16.2. The Labute approximate surface area is 137 Å². The number of anilines is 1. The zero-order valence-corrected chi connectivity index (χ0v) is 14.0. The van der Waals surface area contributed by atoms with Crippen LogP contribution in [0.25, 0.3) is 0 Å². The molecule has 1 aliphatic heterocycles. The summed E-state index contributed by atoms with van der Waals surface area (Å²) < 4.78 is 0. The molecule has 23 heavy (non-hydrogen) atoms. The maximum atomic E-state index is 12.1. The molecule has 1 aromatic rings. The molecule has 0 spiro atoms. The van der Waals surface area contributed by atoms with Crippen molar-refractivity contribution in [3.05, 3.63) is 23.9 Å². The number of pyridine rings is 1. The standard InChI is InChI=1S/C17H26N4O2/c1-20(2)15-9-8-14(11-18-15)12-19-16(22)13-21-10-6-4-3-5-7-17(21)23/h8-9,11H,3-7,10,12-13H2,1-2H3,(H,19,22). The molecule has 2 amide bonds. The Kier molecular flexibility index (Phi) is 6.38. The molecule has 0 bridgehead atoms. The normalized spacial score (nSPS) is 15.7. The number of nitrogens with one attached hydrogen (secondary N) is 1. The molecule has 2 heterocycles. The van der Waals surface area contributed by atoms with Gasteiger partial charge in [-0.2, -0.15) is 0 Å². The molecule has 0 unspecified atom stereocenters. The predicted octanol–water partition coefficient (Wildman–Crippen LogP) is 1.56. The molecule has 1 aliphatic rings. The van der Waals surface area contributed by atoms with Crippen molar-refractivity contribution in [3.63, 3.8) is 0 Å². The van der Waals surface area contributed by atoms with Crippen LogP contribution < -0.4 is 10.2 Å². The molecule has 0 aromatic carbocycles. The second kappa shape index (κ2) is 8.50. The van der Waals surface area contributed by atoms with Gasteiger partial charge < -0.3 is 15.1 Å². The Morgan fingerprint density at radius 1 is 1.26 bits per heavy atom. The molecule has 1 aromatic heterocycles. The average Bonchev–Trinajstić information content (AvgIpc) is 2.53. The van der Waals surface area contributed by atoms with Crippen LogP contribution in [0.2, 0.25) is 0 Å². The quantitative estimate of drug-likeness (QED) is 0.895. The van der Waals surface area contributed by atoms with Crippen LogP contribution in [0.1, 0.15) is 37.7 Å². The van der Waals surface area contributed by atoms with E-state index >= 15 is 0 Å². The predicted molar refractivity (Wildman–Crippen MR) is 90.1 cm³/mol. The number of amides is 2. The molecule has 0 radical (unpaired) electrons. The highest BCUT2D eigenvalue weighted by Crippen LogP contribution is 2.11. The molecule has 126 valence electrons. The second-order valence-corrected chi connectivity index (χ2v) is 6.18. The number of hydrogen-bond acceptors (Lipinski definition) is 4. The summed E-state index contributed by atoms with van der Waals surface area (Å²) in [6.45, 7) is 1.27. The van der Waals surface area contributed by atoms with Crippen LogP contribution in [-0.2, 0) is 16.1 Å². The van der Waals surface area contributed by atoms with Gasteiger partial charge in [-0.15, -0.1) is 0 Å². The SMILES string of the molecule is CN(C)c1ccc(CNC(=O)CN2CCCCCCC2=O)cn1. The van der Waals surface area contributed by atoms with Gasteiger partial charge in [0.25, 0.3) is 0 Å². The van der Waals surface area contributed by atoms with E-state index in [0.717, 1.165) is 37.1 Å². The van der Waals surface area contributed by atoms with Gasteiger partial charge in [0.1, 0.15) is 5.82 Å². The molecule has 0 saturated carbocycles. The summed E-state index contributed by atoms with van der Waals surface area (Å²) in [5.41, 5.74) is 0.947. The molecule has 6 heteroatoms. The number of aromatic nitrogens is 1. The molecule has 0 atom stereocenters. The molecule has 0 aliphatic carbocycles. The highest BCUT2D eigenvalue weighted by Gasteiger charge is 2.18. The van der Waals surface area contributed by atoms with Crippen molar-refractivity contribution in [1.82, 2.24) is 15.2 Å². The smallest absolute Gasteiger partial charge is 0.239 e. The summed E-state index contributed by atoms with van der Waals surface area (Å²) >= 11 is 0. The van der Waals surface area contributed by atoms with Gasteiger partial charge in [0.05, 0.1) is 6.54 Å². The van der Waals surface area contributed by atoms with Gasteiger partial charge in [-0.05, 0) is 24.5 Å². The van der Waals surface area contributed by atoms with E-state index in [9.17, 15) is 9.59 Å². The molecule has 6 nitrogen and oxygen atoms in total. The summed E-state index contributed by atoms with van der Waals surface area (Å²) in [5, 5.41) is 2.87. The maximum Gasteiger partial charge on any atom is 0.239 e. The third-order valence-electron chi connectivity index (χ3n) is 4.01. The van der Waals surface area contributed by atoms with E-state index in [-0.39, 0.29) is 18.4 Å². The van der Waals surface area contributed by atoms with E-state index in [1.807, 2.05) is 31.1 Å². The van der Waals surface area contributed by atoms with E-state index < -0.39 is 0 Å². The first kappa shape index (κ1) is 17.2. The van der Waals surface area contributed by atoms with Crippen LogP contribution in [-0.4, -0.2) is 48.9 Å². The Morgan fingerprint density at radius 3 is 2.74 bits per heavy atom. The van der Waals surface area contributed by atoms with Gasteiger partial charge in [-0.1, -0.05) is 18.9 Å². The minimum atomic E-state index is -0.115. The minimum absolute atomic E-state index is 0.0943. The fraction of sp³-hybridized carbons (Fsp3) is 0.588. The Balaban J connectivity index is 1.80. The van der Waals surface area contributed by atoms with Gasteiger partial charge in [0.2, 0.25) is 11.8 Å². The Hall–Kier alpha value is -2.11. The Morgan fingerprint density at radius 2 is 2.04 bits per heavy atom. The largest absolute Gasteiger partial charge is 0.363 e. The number of likely N-dealkylation sites (tertiary alicyclic amines) is 1. The summed E-state index contributed by atoms with van der Waals surface area (Å²) in [6, 6.07) is 3.87. The number of hydrogen-bond donors (Lipinski definition) is 1. The monoisotopic (exact) mass is 318 g/mol. The zero-order valence-electron chi connectivity index (χ0n) is 14.0. The topological polar surface area (TPSA) is 65.5 Å². The van der Waals surface area contributed by atoms with Crippen molar-refractivity contribution in [1.29, 1.82) is 0 Å². The highest BCUT2D eigenvalue weighted by molar-refractivity contribution is 5.84. The first-order valence-corrected chi connectivity index (χ1v) is 8.23. The lowest BCUT2D eigenvalue weighted by atomic mass is 10.1. The van der Waals surface area contributed by atoms with Crippen LogP contribution in [0, 0.1) is 0 Å². The first-order chi connectivity index (χ1) is 11.1. The summed E-state index contributed by atoms with van der Waals surface area (Å²) in [7, 11) is 3.87. The van der Waals surface area contributed by atoms with Crippen molar-refractivity contribution in [2.24, 2.45) is 0 Å². The first-order valence-electron chi connectivity index (χ1n) is 8.23. The van der Waals surface area contributed by atoms with Gasteiger partial charge in [0.15, 0.2) is 0 Å². The molecule has 1 fully saturated rings. The summed E-state index contributed by atoms with van der Waals surface area (Å²) in [4.78, 5) is 32.0. The van der Waals surface area contributed by atoms with Crippen molar-refractivity contribution in [3.8, 4) is 0 Å². The summed E-state index contributed by atoms with van der Waals surface area (Å²) in [5.74, 6) is 0.860. The van der Waals surface area contributed by atoms with Gasteiger partial charge >= 0.3 is 0 Å². The van der Waals surface area contributed by atoms with Crippen molar-refractivity contribution in [2.45, 2.75) is 38.6 Å². The molecular weight excluding hydrogens is 292 g/mol. The fourth-order valence-electron chi connectivity index (χ4n) is 2.60. The lowest BCUT2D eigenvalue weighted by molar-refractivity contribution is -0.136. The van der Waals surface area contributed by atoms with Crippen molar-refractivity contribution >= 4 is 17.6 Å². The van der Waals surface area contributed by atoms with Gasteiger partial charge in [0, 0.05) is 39.8 Å². The maximum absolute atomic E-state index is 12.1. The fourth-order valence-corrected chi connectivity index (χ4v) is 2.60. The molecule has 2 rings (SSSR count). The van der Waals surface area contributed by atoms with Gasteiger partial charge in [-0.3, -0.25) is 9.59 Å². The third kappa shape index (κ3) is 5.54. The number of carbonyl (C=O) groups is 2. The van der Waals surface area contributed by atoms with E-state index in [2.05, 4.69) is 10.3 Å². The lowest BCUT2D eigenvalue weighted by Crippen LogP contribution is -2.41. The number of rotatable bonds is 5. The second-order valence-electron chi connectivity index (χ2n) is 6.18. The van der Waals surface area contributed by atoms with Crippen molar-refractivity contribution in [2.75, 3.05) is 32.1 Å². The Bertz CT molecular complexity index is 528. The number of carbonyl (C=O) groups excluding carboxylic acids is 2. The van der Waals surface area contributed by atoms with E-state index in [0.29, 0.717) is 19.5 Å². The van der Waals surface area contributed by atoms with Crippen LogP contribution in [0.15, 0.2) is 18.3 Å². The van der Waals surface area contributed by atoms with Gasteiger partial charge in [-0.25, -0.2) is 4.98 Å². The number of nitrogens with zero attached hydrogens (tertiary/aromatic N) is 3. The van der Waals surface area contributed by atoms with Crippen LogP contribution >= 0.6 is 0 Å². The third-order valence-corrected chi connectivity index (χ3v) is 4.01. The average molecular weight is 318 g/mol. The lowest BCUT2D eigenvalue weighted by Gasteiger charge is -2.24. The molecule has 1 N–H and O–H groups in total. The zero-order chi connectivity index (χ0) is 16.7. The summed E-state index contributed by atoms with van der Waals surface area (Å²) in [6.07, 6.45) is 6.48. The molecular formula is C17H26N4O2. The van der Waals surface area contributed by atoms with Crippen LogP contribution in [0.3, 0.4) is 0 Å². The minimum Gasteiger partial charge on any atom is -0.363 e. The van der Waals surface area contributed by atoms with E-state index in [1.165, 1.54) is 0 Å². The van der Waals surface area contributed by atoms with E-state index in [1.54, 1.807) is 11.1 Å².